The first-order chi connectivity index (χ1) is 20.2. The van der Waals surface area contributed by atoms with Crippen molar-refractivity contribution in [3.63, 3.8) is 0 Å². The van der Waals surface area contributed by atoms with Crippen LogP contribution in [0.3, 0.4) is 0 Å². The van der Waals surface area contributed by atoms with Crippen LogP contribution < -0.4 is 0 Å². The second kappa shape index (κ2) is 8.46. The molecule has 0 atom stereocenters. The highest BCUT2D eigenvalue weighted by Crippen LogP contribution is 2.41. The van der Waals surface area contributed by atoms with Gasteiger partial charge in [-0.3, -0.25) is 0 Å². The molecular weight excluding hydrogens is 496 g/mol. The van der Waals surface area contributed by atoms with Gasteiger partial charge in [0.1, 0.15) is 0 Å². The van der Waals surface area contributed by atoms with E-state index in [1.807, 2.05) is 0 Å². The summed E-state index contributed by atoms with van der Waals surface area (Å²) >= 11 is 0. The van der Waals surface area contributed by atoms with E-state index in [-0.39, 0.29) is 0 Å². The molecule has 194 valence electrons. The molecular formula is C39H28N2. The molecule has 0 saturated carbocycles. The molecule has 2 heteroatoms. The predicted octanol–water partition coefficient (Wildman–Crippen LogP) is 10.1. The van der Waals surface area contributed by atoms with Crippen molar-refractivity contribution in [2.75, 3.05) is 0 Å². The van der Waals surface area contributed by atoms with Gasteiger partial charge in [-0.05, 0) is 101 Å². The van der Waals surface area contributed by atoms with Crippen molar-refractivity contribution < 1.29 is 0 Å². The van der Waals surface area contributed by atoms with E-state index < -0.39 is 0 Å². The Kier molecular flexibility index (Phi) is 4.68. The van der Waals surface area contributed by atoms with Crippen LogP contribution in [-0.4, -0.2) is 9.97 Å². The molecule has 2 nitrogen and oxygen atoms in total. The molecule has 2 aliphatic carbocycles. The molecule has 0 bridgehead atoms. The molecule has 2 aliphatic rings. The maximum Gasteiger partial charge on any atom is 0.0471 e. The quantitative estimate of drug-likeness (QED) is 0.198. The monoisotopic (exact) mass is 524 g/mol. The number of fused-ring (bicyclic) bond motifs is 12. The first-order valence-corrected chi connectivity index (χ1v) is 14.4. The van der Waals surface area contributed by atoms with Crippen LogP contribution in [0.2, 0.25) is 0 Å². The molecule has 0 saturated heterocycles. The Morgan fingerprint density at radius 2 is 0.902 bits per heavy atom. The number of aromatic amines is 2. The lowest BCUT2D eigenvalue weighted by molar-refractivity contribution is 1.25. The summed E-state index contributed by atoms with van der Waals surface area (Å²) in [7, 11) is 0. The molecule has 0 radical (unpaired) electrons. The first-order valence-electron chi connectivity index (χ1n) is 14.4. The molecule has 0 amide bonds. The Balaban J connectivity index is 0.000000117. The Bertz CT molecular complexity index is 2330. The fourth-order valence-electron chi connectivity index (χ4n) is 7.16. The summed E-state index contributed by atoms with van der Waals surface area (Å²) in [5, 5.41) is 5.32. The Morgan fingerprint density at radius 1 is 0.390 bits per heavy atom. The van der Waals surface area contributed by atoms with Gasteiger partial charge < -0.3 is 9.97 Å². The average Bonchev–Trinajstić information content (AvgIpc) is 3.74. The van der Waals surface area contributed by atoms with Gasteiger partial charge in [0, 0.05) is 43.6 Å². The number of H-pyrrole nitrogens is 2. The fraction of sp³-hybridized carbons (Fsp3) is 0.0769. The van der Waals surface area contributed by atoms with E-state index in [1.54, 1.807) is 0 Å². The van der Waals surface area contributed by atoms with Gasteiger partial charge in [-0.25, -0.2) is 0 Å². The highest BCUT2D eigenvalue weighted by atomic mass is 14.7. The lowest BCUT2D eigenvalue weighted by Gasteiger charge is -2.02. The van der Waals surface area contributed by atoms with Crippen molar-refractivity contribution >= 4 is 43.6 Å². The summed E-state index contributed by atoms with van der Waals surface area (Å²) in [6, 6.07) is 42.0. The number of rotatable bonds is 0. The summed E-state index contributed by atoms with van der Waals surface area (Å²) in [4.78, 5) is 7.09. The zero-order valence-corrected chi connectivity index (χ0v) is 22.9. The normalized spacial score (nSPS) is 12.8. The molecule has 0 fully saturated rings. The molecule has 2 aromatic heterocycles. The lowest BCUT2D eigenvalue weighted by Crippen LogP contribution is -1.81. The molecule has 0 unspecified atom stereocenters. The van der Waals surface area contributed by atoms with Crippen molar-refractivity contribution in [3.05, 3.63) is 143 Å². The average molecular weight is 525 g/mol. The van der Waals surface area contributed by atoms with Crippen molar-refractivity contribution in [1.29, 1.82) is 0 Å². The minimum absolute atomic E-state index is 1.06. The number of para-hydroxylation sites is 2. The lowest BCUT2D eigenvalue weighted by atomic mass is 10.0. The van der Waals surface area contributed by atoms with E-state index >= 15 is 0 Å². The maximum absolute atomic E-state index is 3.55. The molecule has 6 aromatic carbocycles. The zero-order valence-electron chi connectivity index (χ0n) is 22.9. The van der Waals surface area contributed by atoms with Crippen LogP contribution in [0, 0.1) is 6.92 Å². The predicted molar refractivity (Wildman–Crippen MR) is 173 cm³/mol. The minimum Gasteiger partial charge on any atom is -0.354 e. The van der Waals surface area contributed by atoms with Gasteiger partial charge in [0.25, 0.3) is 0 Å². The standard InChI is InChI=1S/C20H15N.C19H13N/c1-12-6-7-15-13(8-12)9-14-10-18-16-4-2-3-5-19(16)21-20(18)11-17(14)15;1-2-6-14-12(5-1)9-13-10-17-15-7-3-4-8-18(15)20-19(17)11-16(13)14/h2-8,10-11,21H,9H2,1H3;1-8,10-11,20H,9H2. The molecule has 10 rings (SSSR count). The number of hydrogen-bond acceptors (Lipinski definition) is 0. The minimum atomic E-state index is 1.06. The highest BCUT2D eigenvalue weighted by molar-refractivity contribution is 6.10. The summed E-state index contributed by atoms with van der Waals surface area (Å²) in [5.74, 6) is 0. The van der Waals surface area contributed by atoms with Crippen LogP contribution in [0.5, 0.6) is 0 Å². The molecule has 41 heavy (non-hydrogen) atoms. The SMILES string of the molecule is Cc1ccc2c(c1)Cc1cc3c(cc1-2)[nH]c1ccccc13.c1ccc2c(c1)Cc1cc3c(cc1-2)[nH]c1ccccc13. The Labute approximate surface area is 238 Å². The molecule has 0 spiro atoms. The third-order valence-electron chi connectivity index (χ3n) is 9.08. The summed E-state index contributed by atoms with van der Waals surface area (Å²) in [5.41, 5.74) is 17.6. The second-order valence-corrected chi connectivity index (χ2v) is 11.6. The van der Waals surface area contributed by atoms with E-state index in [0.29, 0.717) is 0 Å². The molecule has 2 N–H and O–H groups in total. The number of hydrogen-bond donors (Lipinski definition) is 2. The molecule has 0 aliphatic heterocycles. The van der Waals surface area contributed by atoms with Gasteiger partial charge in [0.15, 0.2) is 0 Å². The highest BCUT2D eigenvalue weighted by Gasteiger charge is 2.21. The van der Waals surface area contributed by atoms with Gasteiger partial charge in [0.05, 0.1) is 0 Å². The van der Waals surface area contributed by atoms with Crippen molar-refractivity contribution in [3.8, 4) is 22.3 Å². The van der Waals surface area contributed by atoms with Crippen LogP contribution in [0.15, 0.2) is 115 Å². The third kappa shape index (κ3) is 3.44. The maximum atomic E-state index is 3.55. The number of nitrogens with one attached hydrogen (secondary N) is 2. The van der Waals surface area contributed by atoms with Crippen molar-refractivity contribution in [2.24, 2.45) is 0 Å². The Morgan fingerprint density at radius 3 is 1.56 bits per heavy atom. The van der Waals surface area contributed by atoms with Crippen molar-refractivity contribution in [1.82, 2.24) is 9.97 Å². The van der Waals surface area contributed by atoms with Gasteiger partial charge in [-0.1, -0.05) is 84.4 Å². The Hall–Kier alpha value is -5.08. The van der Waals surface area contributed by atoms with Gasteiger partial charge in [0.2, 0.25) is 0 Å². The van der Waals surface area contributed by atoms with Gasteiger partial charge in [-0.2, -0.15) is 0 Å². The summed E-state index contributed by atoms with van der Waals surface area (Å²) in [6.45, 7) is 2.17. The van der Waals surface area contributed by atoms with Crippen LogP contribution in [-0.2, 0) is 12.8 Å². The smallest absolute Gasteiger partial charge is 0.0471 e. The molecule has 8 aromatic rings. The summed E-state index contributed by atoms with van der Waals surface area (Å²) < 4.78 is 0. The van der Waals surface area contributed by atoms with Crippen LogP contribution in [0.25, 0.3) is 65.9 Å². The van der Waals surface area contributed by atoms with Crippen molar-refractivity contribution in [2.45, 2.75) is 19.8 Å². The molecule has 2 heterocycles. The largest absolute Gasteiger partial charge is 0.354 e. The van der Waals surface area contributed by atoms with E-state index in [2.05, 4.69) is 132 Å². The number of aryl methyl sites for hydroxylation is 1. The van der Waals surface area contributed by atoms with E-state index in [0.717, 1.165) is 12.8 Å². The van der Waals surface area contributed by atoms with Gasteiger partial charge in [-0.15, -0.1) is 0 Å². The van der Waals surface area contributed by atoms with E-state index in [9.17, 15) is 0 Å². The fourth-order valence-corrected chi connectivity index (χ4v) is 7.16. The first kappa shape index (κ1) is 22.7. The van der Waals surface area contributed by atoms with E-state index in [1.165, 1.54) is 93.7 Å². The van der Waals surface area contributed by atoms with Crippen LogP contribution in [0.1, 0.15) is 27.8 Å². The zero-order chi connectivity index (χ0) is 27.1. The van der Waals surface area contributed by atoms with Crippen LogP contribution in [0.4, 0.5) is 0 Å². The van der Waals surface area contributed by atoms with E-state index in [4.69, 9.17) is 0 Å². The number of aromatic nitrogens is 2. The van der Waals surface area contributed by atoms with Gasteiger partial charge >= 0.3 is 0 Å². The summed E-state index contributed by atoms with van der Waals surface area (Å²) in [6.07, 6.45) is 2.11. The van der Waals surface area contributed by atoms with Crippen LogP contribution >= 0.6 is 0 Å². The second-order valence-electron chi connectivity index (χ2n) is 11.6. The topological polar surface area (TPSA) is 31.6 Å². The third-order valence-corrected chi connectivity index (χ3v) is 9.08. The number of benzene rings is 6.